The van der Waals surface area contributed by atoms with Crippen LogP contribution in [0.3, 0.4) is 0 Å². The molecule has 1 unspecified atom stereocenters. The van der Waals surface area contributed by atoms with Gasteiger partial charge in [0.05, 0.1) is 6.42 Å². The number of hydrogen-bond acceptors (Lipinski definition) is 4. The number of carboxylic acids is 1. The normalized spacial score (nSPS) is 19.5. The van der Waals surface area contributed by atoms with Crippen LogP contribution in [0.25, 0.3) is 0 Å². The number of carbonyl (C=O) groups is 4. The van der Waals surface area contributed by atoms with E-state index in [1.807, 2.05) is 13.8 Å². The molecule has 0 aliphatic carbocycles. The fourth-order valence-electron chi connectivity index (χ4n) is 2.67. The van der Waals surface area contributed by atoms with E-state index in [0.717, 1.165) is 0 Å². The molecular formula is C17H21N3O5. The molecule has 0 radical (unpaired) electrons. The zero-order valence-corrected chi connectivity index (χ0v) is 14.3. The highest BCUT2D eigenvalue weighted by molar-refractivity contribution is 6.07. The van der Waals surface area contributed by atoms with Crippen LogP contribution in [0, 0.1) is 0 Å². The maximum Gasteiger partial charge on any atom is 0.322 e. The summed E-state index contributed by atoms with van der Waals surface area (Å²) in [6.07, 6.45) is -0.133. The summed E-state index contributed by atoms with van der Waals surface area (Å²) in [5.74, 6) is -1.71. The first-order valence-electron chi connectivity index (χ1n) is 7.92. The zero-order chi connectivity index (χ0) is 18.8. The van der Waals surface area contributed by atoms with E-state index in [1.165, 1.54) is 4.90 Å². The summed E-state index contributed by atoms with van der Waals surface area (Å²) in [6.45, 7) is 5.32. The first-order valence-corrected chi connectivity index (χ1v) is 7.92. The Kier molecular flexibility index (Phi) is 5.10. The molecule has 1 fully saturated rings. The largest absolute Gasteiger partial charge is 0.481 e. The highest BCUT2D eigenvalue weighted by atomic mass is 16.4. The lowest BCUT2D eigenvalue weighted by Gasteiger charge is -2.27. The van der Waals surface area contributed by atoms with Gasteiger partial charge in [0.25, 0.3) is 11.8 Å². The van der Waals surface area contributed by atoms with Crippen LogP contribution in [0.5, 0.6) is 0 Å². The van der Waals surface area contributed by atoms with Gasteiger partial charge in [0.2, 0.25) is 0 Å². The maximum absolute atomic E-state index is 12.6. The minimum atomic E-state index is -1.18. The molecule has 2 rings (SSSR count). The third-order valence-corrected chi connectivity index (χ3v) is 4.20. The molecule has 1 aliphatic rings. The number of carbonyl (C=O) groups excluding carboxylic acids is 3. The fraction of sp³-hybridized carbons (Fsp3) is 0.412. The van der Waals surface area contributed by atoms with Gasteiger partial charge in [-0.3, -0.25) is 19.7 Å². The molecule has 1 saturated heterocycles. The van der Waals surface area contributed by atoms with Crippen LogP contribution in [0.15, 0.2) is 24.3 Å². The Bertz CT molecular complexity index is 713. The maximum atomic E-state index is 12.6. The summed E-state index contributed by atoms with van der Waals surface area (Å²) in [5, 5.41) is 13.6. The van der Waals surface area contributed by atoms with E-state index in [0.29, 0.717) is 11.1 Å². The van der Waals surface area contributed by atoms with Gasteiger partial charge in [-0.1, -0.05) is 12.1 Å². The Morgan fingerprint density at radius 2 is 1.80 bits per heavy atom. The molecule has 8 nitrogen and oxygen atoms in total. The number of rotatable bonds is 6. The van der Waals surface area contributed by atoms with Gasteiger partial charge in [0, 0.05) is 18.2 Å². The van der Waals surface area contributed by atoms with Crippen molar-refractivity contribution in [3.63, 3.8) is 0 Å². The van der Waals surface area contributed by atoms with Crippen LogP contribution in [-0.4, -0.2) is 46.4 Å². The molecule has 4 amide bonds. The Morgan fingerprint density at radius 1 is 1.20 bits per heavy atom. The van der Waals surface area contributed by atoms with Crippen molar-refractivity contribution in [3.05, 3.63) is 35.4 Å². The molecule has 3 N–H and O–H groups in total. The molecule has 25 heavy (non-hydrogen) atoms. The average molecular weight is 347 g/mol. The molecule has 0 saturated carbocycles. The van der Waals surface area contributed by atoms with E-state index in [2.05, 4.69) is 10.6 Å². The molecule has 1 aliphatic heterocycles. The SMILES string of the molecule is CC(C)N(CCC(=O)O)C(=O)c1ccc(C2(C)NC(=O)NC2=O)cc1. The Morgan fingerprint density at radius 3 is 2.24 bits per heavy atom. The second-order valence-electron chi connectivity index (χ2n) is 6.35. The van der Waals surface area contributed by atoms with Crippen molar-refractivity contribution >= 4 is 23.8 Å². The highest BCUT2D eigenvalue weighted by Crippen LogP contribution is 2.25. The number of hydrogen-bond donors (Lipinski definition) is 3. The molecule has 0 aromatic heterocycles. The molecule has 0 spiro atoms. The van der Waals surface area contributed by atoms with Gasteiger partial charge in [0.1, 0.15) is 5.54 Å². The quantitative estimate of drug-likeness (QED) is 0.666. The predicted octanol–water partition coefficient (Wildman–Crippen LogP) is 1.07. The second kappa shape index (κ2) is 6.92. The van der Waals surface area contributed by atoms with E-state index < -0.39 is 23.4 Å². The molecule has 1 heterocycles. The molecule has 1 atom stereocenters. The lowest BCUT2D eigenvalue weighted by atomic mass is 9.91. The lowest BCUT2D eigenvalue weighted by molar-refractivity contribution is -0.137. The van der Waals surface area contributed by atoms with E-state index in [4.69, 9.17) is 5.11 Å². The van der Waals surface area contributed by atoms with Crippen molar-refractivity contribution < 1.29 is 24.3 Å². The van der Waals surface area contributed by atoms with Crippen molar-refractivity contribution in [1.29, 1.82) is 0 Å². The van der Waals surface area contributed by atoms with Crippen LogP contribution in [0.2, 0.25) is 0 Å². The Balaban J connectivity index is 2.20. The minimum absolute atomic E-state index is 0.115. The van der Waals surface area contributed by atoms with Gasteiger partial charge in [-0.15, -0.1) is 0 Å². The van der Waals surface area contributed by atoms with Crippen LogP contribution in [0.4, 0.5) is 4.79 Å². The summed E-state index contributed by atoms with van der Waals surface area (Å²) in [6, 6.07) is 5.63. The summed E-state index contributed by atoms with van der Waals surface area (Å²) < 4.78 is 0. The van der Waals surface area contributed by atoms with Crippen molar-refractivity contribution in [1.82, 2.24) is 15.5 Å². The third-order valence-electron chi connectivity index (χ3n) is 4.20. The van der Waals surface area contributed by atoms with E-state index >= 15 is 0 Å². The number of urea groups is 1. The van der Waals surface area contributed by atoms with Gasteiger partial charge in [-0.05, 0) is 38.5 Å². The third kappa shape index (κ3) is 3.78. The summed E-state index contributed by atoms with van der Waals surface area (Å²) >= 11 is 0. The number of nitrogens with one attached hydrogen (secondary N) is 2. The highest BCUT2D eigenvalue weighted by Gasteiger charge is 2.43. The van der Waals surface area contributed by atoms with Crippen LogP contribution in [-0.2, 0) is 15.1 Å². The van der Waals surface area contributed by atoms with Crippen molar-refractivity contribution in [2.45, 2.75) is 38.8 Å². The molecule has 1 aromatic carbocycles. The average Bonchev–Trinajstić information content (AvgIpc) is 2.80. The monoisotopic (exact) mass is 347 g/mol. The number of carboxylic acid groups (broad SMARTS) is 1. The van der Waals surface area contributed by atoms with Crippen molar-refractivity contribution in [3.8, 4) is 0 Å². The molecule has 1 aromatic rings. The summed E-state index contributed by atoms with van der Waals surface area (Å²) in [4.78, 5) is 48.2. The van der Waals surface area contributed by atoms with Gasteiger partial charge >= 0.3 is 12.0 Å². The van der Waals surface area contributed by atoms with Gasteiger partial charge in [-0.2, -0.15) is 0 Å². The molecule has 0 bridgehead atoms. The lowest BCUT2D eigenvalue weighted by Crippen LogP contribution is -2.41. The van der Waals surface area contributed by atoms with Gasteiger partial charge < -0.3 is 15.3 Å². The zero-order valence-electron chi connectivity index (χ0n) is 14.3. The van der Waals surface area contributed by atoms with E-state index in [9.17, 15) is 19.2 Å². The topological polar surface area (TPSA) is 116 Å². The van der Waals surface area contributed by atoms with Crippen molar-refractivity contribution in [2.75, 3.05) is 6.54 Å². The first-order chi connectivity index (χ1) is 11.6. The standard InChI is InChI=1S/C17H21N3O5/c1-10(2)20(9-8-13(21)22)14(23)11-4-6-12(7-5-11)17(3)15(24)18-16(25)19-17/h4-7,10H,8-9H2,1-3H3,(H,21,22)(H2,18,19,24,25). The number of imide groups is 1. The smallest absolute Gasteiger partial charge is 0.322 e. The number of nitrogens with zero attached hydrogens (tertiary/aromatic N) is 1. The number of amides is 4. The van der Waals surface area contributed by atoms with Crippen LogP contribution in [0.1, 0.15) is 43.1 Å². The van der Waals surface area contributed by atoms with E-state index in [-0.39, 0.29) is 24.9 Å². The van der Waals surface area contributed by atoms with Crippen molar-refractivity contribution in [2.24, 2.45) is 0 Å². The van der Waals surface area contributed by atoms with Gasteiger partial charge in [-0.25, -0.2) is 4.79 Å². The Labute approximate surface area is 145 Å². The van der Waals surface area contributed by atoms with Gasteiger partial charge in [0.15, 0.2) is 0 Å². The summed E-state index contributed by atoms with van der Waals surface area (Å²) in [5.41, 5.74) is -0.245. The molecule has 8 heteroatoms. The molecular weight excluding hydrogens is 326 g/mol. The van der Waals surface area contributed by atoms with Crippen LogP contribution < -0.4 is 10.6 Å². The number of benzene rings is 1. The van der Waals surface area contributed by atoms with Crippen LogP contribution >= 0.6 is 0 Å². The summed E-state index contributed by atoms with van der Waals surface area (Å²) in [7, 11) is 0. The minimum Gasteiger partial charge on any atom is -0.481 e. The fourth-order valence-corrected chi connectivity index (χ4v) is 2.67. The Hall–Kier alpha value is -2.90. The first kappa shape index (κ1) is 18.4. The predicted molar refractivity (Wildman–Crippen MR) is 88.9 cm³/mol. The van der Waals surface area contributed by atoms with E-state index in [1.54, 1.807) is 31.2 Å². The number of aliphatic carboxylic acids is 1. The second-order valence-corrected chi connectivity index (χ2v) is 6.35. The molecule has 134 valence electrons.